The molecule has 3 aliphatic rings. The van der Waals surface area contributed by atoms with Crippen LogP contribution in [-0.2, 0) is 14.4 Å². The molecule has 3 aliphatic heterocycles. The second kappa shape index (κ2) is 9.52. The van der Waals surface area contributed by atoms with E-state index in [2.05, 4.69) is 10.6 Å². The summed E-state index contributed by atoms with van der Waals surface area (Å²) in [7, 11) is 0. The Balaban J connectivity index is 0.00000272. The molecular weight excluding hydrogens is 449 g/mol. The fourth-order valence-electron chi connectivity index (χ4n) is 4.25. The number of benzene rings is 1. The van der Waals surface area contributed by atoms with Crippen LogP contribution in [0.1, 0.15) is 38.3 Å². The first-order valence-corrected chi connectivity index (χ1v) is 11.8. The molecular formula is C20H24N3NaO5S2. The van der Waals surface area contributed by atoms with Crippen molar-refractivity contribution in [2.75, 3.05) is 5.75 Å². The number of carboxylic acids is 1. The van der Waals surface area contributed by atoms with E-state index in [9.17, 15) is 24.6 Å². The Labute approximate surface area is 211 Å². The van der Waals surface area contributed by atoms with E-state index in [-0.39, 0.29) is 46.6 Å². The summed E-state index contributed by atoms with van der Waals surface area (Å²) in [5, 5.41) is 27.0. The van der Waals surface area contributed by atoms with E-state index < -0.39 is 40.1 Å². The normalized spacial score (nSPS) is 29.5. The minimum absolute atomic E-state index is 0. The molecule has 5 atom stereocenters. The monoisotopic (exact) mass is 473 g/mol. The van der Waals surface area contributed by atoms with Gasteiger partial charge in [0.15, 0.2) is 0 Å². The van der Waals surface area contributed by atoms with Gasteiger partial charge < -0.3 is 25.2 Å². The van der Waals surface area contributed by atoms with Crippen molar-refractivity contribution in [3.8, 4) is 5.75 Å². The number of hydrogen-bond acceptors (Lipinski definition) is 8. The summed E-state index contributed by atoms with van der Waals surface area (Å²) >= 11 is 3.11. The van der Waals surface area contributed by atoms with Crippen LogP contribution in [0.15, 0.2) is 24.3 Å². The fourth-order valence-corrected chi connectivity index (χ4v) is 7.05. The maximum Gasteiger partial charge on any atom is 1.00 e. The summed E-state index contributed by atoms with van der Waals surface area (Å²) in [6, 6.07) is 3.93. The molecule has 4 rings (SSSR count). The summed E-state index contributed by atoms with van der Waals surface area (Å²) in [4.78, 5) is 38.7. The van der Waals surface area contributed by atoms with Crippen LogP contribution < -0.4 is 45.3 Å². The molecule has 0 saturated carbocycles. The number of carbonyl (C=O) groups excluding carboxylic acids is 3. The van der Waals surface area contributed by atoms with Crippen LogP contribution in [-0.4, -0.2) is 61.1 Å². The van der Waals surface area contributed by atoms with Crippen LogP contribution in [0.5, 0.6) is 5.75 Å². The zero-order valence-corrected chi connectivity index (χ0v) is 21.3. The first-order valence-electron chi connectivity index (χ1n) is 9.87. The first kappa shape index (κ1) is 24.7. The van der Waals surface area contributed by atoms with Gasteiger partial charge in [-0.3, -0.25) is 14.9 Å². The van der Waals surface area contributed by atoms with Crippen molar-refractivity contribution in [1.29, 1.82) is 0 Å². The fraction of sp³-hybridized carbons (Fsp3) is 0.550. The van der Waals surface area contributed by atoms with Gasteiger partial charge in [-0.1, -0.05) is 12.1 Å². The number of aromatic hydroxyl groups is 1. The summed E-state index contributed by atoms with van der Waals surface area (Å²) in [6.45, 7) is 3.53. The van der Waals surface area contributed by atoms with Crippen LogP contribution in [0.2, 0.25) is 0 Å². The SMILES string of the molecule is CC1(C)SC2C(NC(=O)C(NC3CCCS3)c3ccc(O)cc3)C(=O)N2C1C(=O)[O-].[Na+]. The Kier molecular flexibility index (Phi) is 7.60. The van der Waals surface area contributed by atoms with Gasteiger partial charge >= 0.3 is 29.6 Å². The molecule has 0 radical (unpaired) electrons. The number of phenolic OH excluding ortho intramolecular Hbond substituents is 1. The van der Waals surface area contributed by atoms with Crippen molar-refractivity contribution in [2.24, 2.45) is 0 Å². The molecule has 5 unspecified atom stereocenters. The molecule has 8 nitrogen and oxygen atoms in total. The third-order valence-corrected chi connectivity index (χ3v) is 8.60. The van der Waals surface area contributed by atoms with Crippen LogP contribution in [0, 0.1) is 0 Å². The number of nitrogens with one attached hydrogen (secondary N) is 2. The average Bonchev–Trinajstić information content (AvgIpc) is 3.28. The number of hydrogen-bond donors (Lipinski definition) is 3. The number of aliphatic carboxylic acids is 1. The minimum atomic E-state index is -1.28. The van der Waals surface area contributed by atoms with E-state index in [4.69, 9.17) is 0 Å². The Morgan fingerprint density at radius 2 is 1.97 bits per heavy atom. The molecule has 0 bridgehead atoms. The second-order valence-electron chi connectivity index (χ2n) is 8.26. The van der Waals surface area contributed by atoms with Crippen molar-refractivity contribution in [3.63, 3.8) is 0 Å². The van der Waals surface area contributed by atoms with Crippen molar-refractivity contribution in [2.45, 2.75) is 60.3 Å². The summed E-state index contributed by atoms with van der Waals surface area (Å²) in [5.74, 6) is -0.900. The number of amides is 2. The molecule has 3 N–H and O–H groups in total. The molecule has 31 heavy (non-hydrogen) atoms. The van der Waals surface area contributed by atoms with Gasteiger partial charge in [-0.25, -0.2) is 0 Å². The van der Waals surface area contributed by atoms with E-state index in [1.807, 2.05) is 0 Å². The largest absolute Gasteiger partial charge is 1.00 e. The zero-order chi connectivity index (χ0) is 21.6. The average molecular weight is 474 g/mol. The molecule has 1 aromatic rings. The Bertz CT molecular complexity index is 863. The molecule has 1 aromatic carbocycles. The maximum absolute atomic E-state index is 13.2. The number of β-lactam (4-membered cyclic amide) rings is 1. The summed E-state index contributed by atoms with van der Waals surface area (Å²) in [5.41, 5.74) is 0.688. The van der Waals surface area contributed by atoms with Gasteiger partial charge in [0, 0.05) is 4.75 Å². The predicted molar refractivity (Wildman–Crippen MR) is 112 cm³/mol. The van der Waals surface area contributed by atoms with Gasteiger partial charge in [0.25, 0.3) is 0 Å². The summed E-state index contributed by atoms with van der Waals surface area (Å²) in [6.07, 6.45) is 2.02. The molecule has 2 amide bonds. The number of carboxylic acid groups (broad SMARTS) is 1. The second-order valence-corrected chi connectivity index (χ2v) is 11.3. The van der Waals surface area contributed by atoms with Gasteiger partial charge in [0.1, 0.15) is 23.2 Å². The van der Waals surface area contributed by atoms with E-state index in [0.717, 1.165) is 18.6 Å². The molecule has 0 aliphatic carbocycles. The van der Waals surface area contributed by atoms with Crippen molar-refractivity contribution in [1.82, 2.24) is 15.5 Å². The Morgan fingerprint density at radius 1 is 1.29 bits per heavy atom. The molecule has 3 heterocycles. The van der Waals surface area contributed by atoms with E-state index in [0.29, 0.717) is 5.56 Å². The van der Waals surface area contributed by atoms with E-state index in [1.54, 1.807) is 37.7 Å². The Morgan fingerprint density at radius 3 is 2.55 bits per heavy atom. The van der Waals surface area contributed by atoms with Crippen molar-refractivity contribution < 1.29 is 54.2 Å². The van der Waals surface area contributed by atoms with Crippen molar-refractivity contribution in [3.05, 3.63) is 29.8 Å². The van der Waals surface area contributed by atoms with Crippen LogP contribution in [0.4, 0.5) is 0 Å². The third-order valence-electron chi connectivity index (χ3n) is 5.73. The smallest absolute Gasteiger partial charge is 0.548 e. The van der Waals surface area contributed by atoms with Crippen LogP contribution >= 0.6 is 23.5 Å². The maximum atomic E-state index is 13.2. The molecule has 0 spiro atoms. The minimum Gasteiger partial charge on any atom is -0.548 e. The van der Waals surface area contributed by atoms with Crippen molar-refractivity contribution >= 4 is 41.3 Å². The molecule has 3 saturated heterocycles. The van der Waals surface area contributed by atoms with Crippen LogP contribution in [0.25, 0.3) is 0 Å². The van der Waals surface area contributed by atoms with Gasteiger partial charge in [-0.2, -0.15) is 0 Å². The predicted octanol–water partition coefficient (Wildman–Crippen LogP) is -2.82. The number of fused-ring (bicyclic) bond motifs is 1. The molecule has 162 valence electrons. The number of carbonyl (C=O) groups is 3. The van der Waals surface area contributed by atoms with Gasteiger partial charge in [0.2, 0.25) is 11.8 Å². The van der Waals surface area contributed by atoms with Gasteiger partial charge in [0.05, 0.1) is 17.4 Å². The number of rotatable bonds is 6. The zero-order valence-electron chi connectivity index (χ0n) is 17.7. The number of phenols is 1. The van der Waals surface area contributed by atoms with Crippen LogP contribution in [0.3, 0.4) is 0 Å². The molecule has 0 aromatic heterocycles. The third kappa shape index (κ3) is 4.74. The number of thioether (sulfide) groups is 2. The van der Waals surface area contributed by atoms with E-state index >= 15 is 0 Å². The molecule has 11 heteroatoms. The van der Waals surface area contributed by atoms with E-state index in [1.165, 1.54) is 28.8 Å². The molecule has 3 fully saturated rings. The topological polar surface area (TPSA) is 122 Å². The standard InChI is InChI=1S/C20H25N3O5S2.Na/c1-20(2)15(19(27)28)23-17(26)14(18(23)30-20)22-16(25)13(21-12-4-3-9-29-12)10-5-7-11(24)8-6-10;/h5-8,12-15,18,21,24H,3-4,9H2,1-2H3,(H,22,25)(H,27,28);/q;+1/p-1. The Hall–Kier alpha value is -0.910. The first-order chi connectivity index (χ1) is 14.2. The van der Waals surface area contributed by atoms with Gasteiger partial charge in [-0.15, -0.1) is 23.5 Å². The quantitative estimate of drug-likeness (QED) is 0.299. The van der Waals surface area contributed by atoms with Gasteiger partial charge in [-0.05, 0) is 50.1 Å². The number of nitrogens with zero attached hydrogens (tertiary/aromatic N) is 1. The summed E-state index contributed by atoms with van der Waals surface area (Å²) < 4.78 is -0.701.